The van der Waals surface area contributed by atoms with Crippen LogP contribution in [0.1, 0.15) is 0 Å². The Balaban J connectivity index is 0.000000222. The molecule has 0 saturated carbocycles. The summed E-state index contributed by atoms with van der Waals surface area (Å²) in [6.07, 6.45) is 0. The summed E-state index contributed by atoms with van der Waals surface area (Å²) >= 11 is 0. The number of aromatic amines is 1. The molecule has 1 heterocycles. The van der Waals surface area contributed by atoms with Crippen molar-refractivity contribution in [1.82, 2.24) is 20.6 Å². The van der Waals surface area contributed by atoms with E-state index < -0.39 is 0 Å². The fourth-order valence-corrected chi connectivity index (χ4v) is 0.170. The molecular weight excluding hydrogens is 114 g/mol. The van der Waals surface area contributed by atoms with Crippen LogP contribution in [0.2, 0.25) is 0 Å². The van der Waals surface area contributed by atoms with Crippen LogP contribution in [0.25, 0.3) is 0 Å². The molecule has 0 spiro atoms. The summed E-state index contributed by atoms with van der Waals surface area (Å²) in [5, 5.41) is 24.0. The second-order valence-electron chi connectivity index (χ2n) is 0.770. The van der Waals surface area contributed by atoms with E-state index in [1.54, 1.807) is 0 Å². The topological polar surface area (TPSA) is 121 Å². The Morgan fingerprint density at radius 2 is 2.12 bits per heavy atom. The molecule has 5 N–H and O–H groups in total. The largest absolute Gasteiger partial charge is 0.365 e. The minimum absolute atomic E-state index is 0.176. The van der Waals surface area contributed by atoms with Gasteiger partial charge in [-0.05, 0) is 5.21 Å². The number of nitrogens with one attached hydrogen (secondary N) is 1. The van der Waals surface area contributed by atoms with E-state index in [-0.39, 0.29) is 5.95 Å². The van der Waals surface area contributed by atoms with E-state index in [4.69, 9.17) is 16.2 Å². The van der Waals surface area contributed by atoms with Gasteiger partial charge in [-0.2, -0.15) is 5.21 Å². The second kappa shape index (κ2) is 3.96. The van der Waals surface area contributed by atoms with Gasteiger partial charge in [-0.3, -0.25) is 10.5 Å². The predicted octanol–water partition coefficient (Wildman–Crippen LogP) is -1.20. The van der Waals surface area contributed by atoms with Crippen molar-refractivity contribution in [2.75, 3.05) is 5.73 Å². The van der Waals surface area contributed by atoms with Crippen LogP contribution in [0.3, 0.4) is 0 Å². The molecule has 46 valence electrons. The fourth-order valence-electron chi connectivity index (χ4n) is 0.170. The standard InChI is InChI=1S/CH3N5.H2O2/c2-1-3-5-6-4-1;1-2/h(H3,2,3,4,5,6);1-2H. The van der Waals surface area contributed by atoms with Gasteiger partial charge in [0.1, 0.15) is 0 Å². The summed E-state index contributed by atoms with van der Waals surface area (Å²) in [6.45, 7) is 0. The maximum absolute atomic E-state index is 6.00. The second-order valence-corrected chi connectivity index (χ2v) is 0.770. The maximum atomic E-state index is 6.00. The van der Waals surface area contributed by atoms with Gasteiger partial charge in [-0.15, -0.1) is 5.10 Å². The summed E-state index contributed by atoms with van der Waals surface area (Å²) in [6, 6.07) is 0. The zero-order valence-corrected chi connectivity index (χ0v) is 3.81. The molecule has 0 radical (unpaired) electrons. The van der Waals surface area contributed by atoms with Crippen LogP contribution in [-0.2, 0) is 0 Å². The van der Waals surface area contributed by atoms with Crippen LogP contribution in [0.4, 0.5) is 5.95 Å². The molecule has 1 aromatic rings. The first-order chi connectivity index (χ1) is 3.89. The SMILES string of the molecule is Nc1nn[nH]n1.OO. The number of nitrogens with two attached hydrogens (primary N) is 1. The average molecular weight is 119 g/mol. The van der Waals surface area contributed by atoms with E-state index in [0.717, 1.165) is 0 Å². The number of nitrogen functional groups attached to an aromatic ring is 1. The summed E-state index contributed by atoms with van der Waals surface area (Å²) in [4.78, 5) is 0. The molecule has 0 atom stereocenters. The number of anilines is 1. The van der Waals surface area contributed by atoms with Gasteiger partial charge in [-0.25, -0.2) is 0 Å². The van der Waals surface area contributed by atoms with Gasteiger partial charge in [0, 0.05) is 0 Å². The third-order valence-electron chi connectivity index (χ3n) is 0.362. The Hall–Kier alpha value is -1.21. The minimum atomic E-state index is 0.176. The quantitative estimate of drug-likeness (QED) is 0.251. The molecule has 0 aliphatic rings. The average Bonchev–Trinajstić information content (AvgIpc) is 2.24. The first kappa shape index (κ1) is 6.79. The molecule has 7 nitrogen and oxygen atoms in total. The van der Waals surface area contributed by atoms with E-state index >= 15 is 0 Å². The summed E-state index contributed by atoms with van der Waals surface area (Å²) in [5.41, 5.74) is 4.96. The highest BCUT2D eigenvalue weighted by Gasteiger charge is 1.78. The number of tetrazole rings is 1. The number of H-pyrrole nitrogens is 1. The molecular formula is CH5N5O2. The third kappa shape index (κ3) is 2.05. The van der Waals surface area contributed by atoms with Crippen molar-refractivity contribution in [2.24, 2.45) is 0 Å². The van der Waals surface area contributed by atoms with Gasteiger partial charge in [0.05, 0.1) is 0 Å². The molecule has 0 unspecified atom stereocenters. The molecule has 0 aliphatic carbocycles. The Labute approximate surface area is 44.1 Å². The van der Waals surface area contributed by atoms with Crippen molar-refractivity contribution < 1.29 is 10.5 Å². The predicted molar refractivity (Wildman–Crippen MR) is 23.8 cm³/mol. The lowest BCUT2D eigenvalue weighted by molar-refractivity contribution is -0.176. The Morgan fingerprint density at radius 3 is 2.25 bits per heavy atom. The first-order valence-electron chi connectivity index (χ1n) is 1.58. The third-order valence-corrected chi connectivity index (χ3v) is 0.362. The summed E-state index contributed by atoms with van der Waals surface area (Å²) in [7, 11) is 0. The Bertz CT molecular complexity index is 114. The van der Waals surface area contributed by atoms with Gasteiger partial charge < -0.3 is 5.73 Å². The monoisotopic (exact) mass is 119 g/mol. The van der Waals surface area contributed by atoms with Crippen molar-refractivity contribution in [2.45, 2.75) is 0 Å². The van der Waals surface area contributed by atoms with Crippen molar-refractivity contribution in [3.63, 3.8) is 0 Å². The Morgan fingerprint density at radius 1 is 1.50 bits per heavy atom. The van der Waals surface area contributed by atoms with Crippen LogP contribution in [0.5, 0.6) is 0 Å². The molecule has 0 amide bonds. The van der Waals surface area contributed by atoms with Gasteiger partial charge in [0.15, 0.2) is 0 Å². The molecule has 8 heavy (non-hydrogen) atoms. The molecule has 1 rings (SSSR count). The summed E-state index contributed by atoms with van der Waals surface area (Å²) in [5.74, 6) is 0.176. The Kier molecular flexibility index (Phi) is 3.36. The molecule has 0 bridgehead atoms. The molecule has 7 heteroatoms. The number of hydrogen-bond donors (Lipinski definition) is 4. The van der Waals surface area contributed by atoms with Crippen LogP contribution in [-0.4, -0.2) is 31.1 Å². The molecule has 0 aromatic carbocycles. The molecule has 0 fully saturated rings. The minimum Gasteiger partial charge on any atom is -0.365 e. The van der Waals surface area contributed by atoms with E-state index in [2.05, 4.69) is 20.6 Å². The maximum Gasteiger partial charge on any atom is 0.260 e. The van der Waals surface area contributed by atoms with E-state index in [0.29, 0.717) is 0 Å². The normalized spacial score (nSPS) is 7.25. The fraction of sp³-hybridized carbons (Fsp3) is 0. The van der Waals surface area contributed by atoms with Crippen LogP contribution in [0, 0.1) is 0 Å². The lowest BCUT2D eigenvalue weighted by Crippen LogP contribution is -1.84. The molecule has 0 saturated heterocycles. The van der Waals surface area contributed by atoms with Crippen LogP contribution < -0.4 is 5.73 Å². The summed E-state index contributed by atoms with van der Waals surface area (Å²) < 4.78 is 0. The lowest BCUT2D eigenvalue weighted by atomic mass is 11.2. The van der Waals surface area contributed by atoms with Gasteiger partial charge in [0.25, 0.3) is 5.95 Å². The van der Waals surface area contributed by atoms with Crippen molar-refractivity contribution >= 4 is 5.95 Å². The zero-order valence-electron chi connectivity index (χ0n) is 3.81. The number of nitrogens with zero attached hydrogens (tertiary/aromatic N) is 3. The number of rotatable bonds is 0. The van der Waals surface area contributed by atoms with Crippen LogP contribution in [0.15, 0.2) is 0 Å². The van der Waals surface area contributed by atoms with E-state index in [9.17, 15) is 0 Å². The van der Waals surface area contributed by atoms with Gasteiger partial charge in [-0.1, -0.05) is 5.10 Å². The molecule has 0 aliphatic heterocycles. The smallest absolute Gasteiger partial charge is 0.260 e. The van der Waals surface area contributed by atoms with Crippen molar-refractivity contribution in [3.8, 4) is 0 Å². The van der Waals surface area contributed by atoms with Crippen molar-refractivity contribution in [3.05, 3.63) is 0 Å². The van der Waals surface area contributed by atoms with E-state index in [1.165, 1.54) is 0 Å². The van der Waals surface area contributed by atoms with Gasteiger partial charge in [0.2, 0.25) is 0 Å². The van der Waals surface area contributed by atoms with Crippen molar-refractivity contribution in [1.29, 1.82) is 0 Å². The number of aromatic nitrogens is 4. The highest BCUT2D eigenvalue weighted by molar-refractivity contribution is 5.05. The first-order valence-corrected chi connectivity index (χ1v) is 1.58. The van der Waals surface area contributed by atoms with E-state index in [1.807, 2.05) is 0 Å². The number of hydrogen-bond acceptors (Lipinski definition) is 6. The van der Waals surface area contributed by atoms with Crippen LogP contribution >= 0.6 is 0 Å². The molecule has 1 aromatic heterocycles. The highest BCUT2D eigenvalue weighted by Crippen LogP contribution is 1.72. The highest BCUT2D eigenvalue weighted by atomic mass is 17.0. The lowest BCUT2D eigenvalue weighted by Gasteiger charge is -1.62. The zero-order chi connectivity index (χ0) is 6.41. The van der Waals surface area contributed by atoms with Gasteiger partial charge >= 0.3 is 0 Å².